The SMILES string of the molecule is CCCSP(=S)(Br)Br. The summed E-state index contributed by atoms with van der Waals surface area (Å²) in [7, 11) is 0. The predicted molar refractivity (Wildman–Crippen MR) is 54.9 cm³/mol. The topological polar surface area (TPSA) is 0 Å². The molecule has 50 valence electrons. The predicted octanol–water partition coefficient (Wildman–Crippen LogP) is 4.14. The quantitative estimate of drug-likeness (QED) is 0.718. The molecular formula is C3H7Br2PS2. The van der Waals surface area contributed by atoms with Gasteiger partial charge in [0.05, 0.1) is 0 Å². The first kappa shape index (κ1) is 9.96. The lowest BCUT2D eigenvalue weighted by Crippen LogP contribution is -1.65. The third-order valence-corrected chi connectivity index (χ3v) is 7.42. The standard InChI is InChI=1S/C3H7Br2PS2/c1-2-3-8-6(4,5)7/h2-3H2,1H3. The molecule has 0 heterocycles. The second-order valence-electron chi connectivity index (χ2n) is 1.25. The Morgan fingerprint density at radius 1 is 1.62 bits per heavy atom. The fraction of sp³-hybridized carbons (Fsp3) is 1.00. The van der Waals surface area contributed by atoms with Crippen LogP contribution in [0.5, 0.6) is 0 Å². The van der Waals surface area contributed by atoms with E-state index in [1.807, 2.05) is 0 Å². The minimum atomic E-state index is -1.31. The van der Waals surface area contributed by atoms with Crippen LogP contribution in [-0.4, -0.2) is 5.75 Å². The molecule has 0 aliphatic carbocycles. The van der Waals surface area contributed by atoms with Gasteiger partial charge in [-0.2, -0.15) is 0 Å². The Labute approximate surface area is 75.4 Å². The normalized spacial score (nSPS) is 11.9. The molecular weight excluding hydrogens is 291 g/mol. The molecule has 0 N–H and O–H groups in total. The number of halogens is 2. The molecule has 0 fully saturated rings. The van der Waals surface area contributed by atoms with Gasteiger partial charge in [0.25, 0.3) is 0 Å². The van der Waals surface area contributed by atoms with Gasteiger partial charge in [0.1, 0.15) is 2.64 Å². The molecule has 0 aliphatic rings. The van der Waals surface area contributed by atoms with Crippen LogP contribution >= 0.6 is 45.0 Å². The van der Waals surface area contributed by atoms with Crippen LogP contribution < -0.4 is 0 Å². The monoisotopic (exact) mass is 296 g/mol. The molecule has 0 amide bonds. The second kappa shape index (κ2) is 4.73. The molecule has 0 saturated carbocycles. The van der Waals surface area contributed by atoms with Crippen LogP contribution in [0.15, 0.2) is 0 Å². The van der Waals surface area contributed by atoms with E-state index in [0.717, 1.165) is 5.75 Å². The van der Waals surface area contributed by atoms with Crippen LogP contribution in [0.4, 0.5) is 0 Å². The molecule has 0 atom stereocenters. The molecule has 0 aliphatic heterocycles. The highest BCUT2D eigenvalue weighted by atomic mass is 79.9. The van der Waals surface area contributed by atoms with E-state index in [9.17, 15) is 0 Å². The van der Waals surface area contributed by atoms with E-state index in [2.05, 4.69) is 37.9 Å². The molecule has 0 aromatic rings. The van der Waals surface area contributed by atoms with Gasteiger partial charge in [-0.3, -0.25) is 0 Å². The van der Waals surface area contributed by atoms with Crippen molar-refractivity contribution in [2.75, 3.05) is 5.75 Å². The Bertz CT molecular complexity index is 99.5. The summed E-state index contributed by atoms with van der Waals surface area (Å²) in [6, 6.07) is 0. The van der Waals surface area contributed by atoms with Gasteiger partial charge in [0.2, 0.25) is 0 Å². The summed E-state index contributed by atoms with van der Waals surface area (Å²) in [5.74, 6) is 1.15. The van der Waals surface area contributed by atoms with Crippen molar-refractivity contribution >= 4 is 56.8 Å². The maximum absolute atomic E-state index is 5.06. The fourth-order valence-electron chi connectivity index (χ4n) is 0.198. The van der Waals surface area contributed by atoms with Crippen molar-refractivity contribution in [3.05, 3.63) is 0 Å². The van der Waals surface area contributed by atoms with Gasteiger partial charge in [-0.15, -0.1) is 11.4 Å². The van der Waals surface area contributed by atoms with E-state index in [1.54, 1.807) is 11.4 Å². The zero-order valence-corrected chi connectivity index (χ0v) is 10.1. The zero-order chi connectivity index (χ0) is 6.62. The number of hydrogen-bond donors (Lipinski definition) is 0. The summed E-state index contributed by atoms with van der Waals surface area (Å²) in [5.41, 5.74) is 0. The number of rotatable bonds is 3. The first-order valence-electron chi connectivity index (χ1n) is 2.20. The molecule has 0 bridgehead atoms. The molecule has 0 spiro atoms. The molecule has 0 saturated heterocycles. The average Bonchev–Trinajstić information content (AvgIpc) is 1.59. The van der Waals surface area contributed by atoms with E-state index in [-0.39, 0.29) is 0 Å². The highest BCUT2D eigenvalue weighted by molar-refractivity contribution is 9.83. The van der Waals surface area contributed by atoms with E-state index in [1.165, 1.54) is 6.42 Å². The summed E-state index contributed by atoms with van der Waals surface area (Å²) in [4.78, 5) is 0. The van der Waals surface area contributed by atoms with Crippen molar-refractivity contribution in [1.29, 1.82) is 0 Å². The lowest BCUT2D eigenvalue weighted by Gasteiger charge is -2.01. The van der Waals surface area contributed by atoms with E-state index in [0.29, 0.717) is 0 Å². The van der Waals surface area contributed by atoms with Gasteiger partial charge in [-0.05, 0) is 43.2 Å². The van der Waals surface area contributed by atoms with E-state index in [4.69, 9.17) is 11.8 Å². The van der Waals surface area contributed by atoms with Crippen molar-refractivity contribution in [2.24, 2.45) is 0 Å². The highest BCUT2D eigenvalue weighted by Gasteiger charge is 2.04. The Hall–Kier alpha value is 1.96. The van der Waals surface area contributed by atoms with Crippen LogP contribution in [0.3, 0.4) is 0 Å². The zero-order valence-electron chi connectivity index (χ0n) is 4.43. The second-order valence-corrected chi connectivity index (χ2v) is 22.4. The fourth-order valence-corrected chi connectivity index (χ4v) is 5.05. The Morgan fingerprint density at radius 2 is 2.12 bits per heavy atom. The molecule has 0 radical (unpaired) electrons. The van der Waals surface area contributed by atoms with Crippen molar-refractivity contribution < 1.29 is 0 Å². The van der Waals surface area contributed by atoms with Gasteiger partial charge in [0, 0.05) is 0 Å². The van der Waals surface area contributed by atoms with Crippen LogP contribution in [0.2, 0.25) is 0 Å². The maximum Gasteiger partial charge on any atom is 0.127 e. The summed E-state index contributed by atoms with van der Waals surface area (Å²) in [5, 5.41) is 0. The van der Waals surface area contributed by atoms with Gasteiger partial charge < -0.3 is 0 Å². The van der Waals surface area contributed by atoms with Crippen molar-refractivity contribution in [1.82, 2.24) is 0 Å². The Kier molecular flexibility index (Phi) is 5.88. The summed E-state index contributed by atoms with van der Waals surface area (Å²) < 4.78 is -1.31. The molecule has 0 aromatic heterocycles. The first-order chi connectivity index (χ1) is 3.56. The lowest BCUT2D eigenvalue weighted by atomic mass is 10.6. The van der Waals surface area contributed by atoms with Crippen LogP contribution in [0.25, 0.3) is 0 Å². The molecule has 5 heteroatoms. The van der Waals surface area contributed by atoms with Crippen molar-refractivity contribution in [2.45, 2.75) is 13.3 Å². The maximum atomic E-state index is 5.06. The Morgan fingerprint density at radius 3 is 2.25 bits per heavy atom. The molecule has 0 nitrogen and oxygen atoms in total. The average molecular weight is 298 g/mol. The van der Waals surface area contributed by atoms with Crippen molar-refractivity contribution in [3.8, 4) is 0 Å². The summed E-state index contributed by atoms with van der Waals surface area (Å²) >= 11 is 13.6. The Balaban J connectivity index is 3.26. The minimum absolute atomic E-state index is 1.15. The largest absolute Gasteiger partial charge is 0.127 e. The van der Waals surface area contributed by atoms with Gasteiger partial charge >= 0.3 is 0 Å². The summed E-state index contributed by atoms with van der Waals surface area (Å²) in [6.45, 7) is 2.15. The third-order valence-electron chi connectivity index (χ3n) is 0.446. The first-order valence-corrected chi connectivity index (χ1v) is 10.6. The smallest absolute Gasteiger partial charge is 0.103 e. The van der Waals surface area contributed by atoms with Gasteiger partial charge in [-0.25, -0.2) is 0 Å². The minimum Gasteiger partial charge on any atom is -0.103 e. The van der Waals surface area contributed by atoms with E-state index >= 15 is 0 Å². The van der Waals surface area contributed by atoms with Gasteiger partial charge in [-0.1, -0.05) is 18.7 Å². The molecule has 0 aromatic carbocycles. The van der Waals surface area contributed by atoms with Crippen LogP contribution in [0.1, 0.15) is 13.3 Å². The molecule has 8 heavy (non-hydrogen) atoms. The lowest BCUT2D eigenvalue weighted by molar-refractivity contribution is 1.11. The molecule has 0 unspecified atom stereocenters. The van der Waals surface area contributed by atoms with Crippen molar-refractivity contribution in [3.63, 3.8) is 0 Å². The number of hydrogen-bond acceptors (Lipinski definition) is 2. The van der Waals surface area contributed by atoms with Gasteiger partial charge in [0.15, 0.2) is 0 Å². The van der Waals surface area contributed by atoms with E-state index < -0.39 is 2.64 Å². The van der Waals surface area contributed by atoms with Crippen LogP contribution in [-0.2, 0) is 11.8 Å². The highest BCUT2D eigenvalue weighted by Crippen LogP contribution is 2.72. The summed E-state index contributed by atoms with van der Waals surface area (Å²) in [6.07, 6.45) is 1.19. The third kappa shape index (κ3) is 7.96. The van der Waals surface area contributed by atoms with Crippen LogP contribution in [0, 0.1) is 0 Å². The molecule has 0 rings (SSSR count).